The average Bonchev–Trinajstić information content (AvgIpc) is 3.23. The zero-order valence-corrected chi connectivity index (χ0v) is 17.9. The van der Waals surface area contributed by atoms with Gasteiger partial charge in [-0.25, -0.2) is 8.78 Å². The summed E-state index contributed by atoms with van der Waals surface area (Å²) < 4.78 is 69.5. The highest BCUT2D eigenvalue weighted by Gasteiger charge is 2.37. The number of ether oxygens (including phenoxy) is 1. The molecule has 3 aromatic rings. The summed E-state index contributed by atoms with van der Waals surface area (Å²) in [5, 5.41) is 2.57. The van der Waals surface area contributed by atoms with Crippen LogP contribution in [0.3, 0.4) is 0 Å². The van der Waals surface area contributed by atoms with E-state index < -0.39 is 30.0 Å². The number of halogens is 5. The first kappa shape index (κ1) is 23.4. The predicted octanol–water partition coefficient (Wildman–Crippen LogP) is 5.83. The second-order valence-electron chi connectivity index (χ2n) is 7.74. The molecule has 1 aliphatic heterocycles. The van der Waals surface area contributed by atoms with Gasteiger partial charge in [0.1, 0.15) is 17.4 Å². The second-order valence-corrected chi connectivity index (χ2v) is 7.74. The first-order chi connectivity index (χ1) is 16.2. The molecule has 0 saturated carbocycles. The molecular weight excluding hydrogens is 455 g/mol. The van der Waals surface area contributed by atoms with Gasteiger partial charge >= 0.3 is 6.36 Å². The van der Waals surface area contributed by atoms with Crippen molar-refractivity contribution < 1.29 is 31.5 Å². The molecule has 4 nitrogen and oxygen atoms in total. The van der Waals surface area contributed by atoms with Crippen LogP contribution in [-0.4, -0.2) is 25.0 Å². The number of hydrogen-bond acceptors (Lipinski definition) is 3. The molecule has 4 rings (SSSR count). The van der Waals surface area contributed by atoms with Crippen molar-refractivity contribution in [2.45, 2.75) is 18.8 Å². The van der Waals surface area contributed by atoms with Crippen LogP contribution in [0.1, 0.15) is 23.6 Å². The minimum absolute atomic E-state index is 0.0740. The third-order valence-corrected chi connectivity index (χ3v) is 5.60. The molecule has 1 heterocycles. The van der Waals surface area contributed by atoms with Crippen LogP contribution in [0.15, 0.2) is 71.7 Å². The van der Waals surface area contributed by atoms with E-state index in [2.05, 4.69) is 15.0 Å². The van der Waals surface area contributed by atoms with E-state index in [-0.39, 0.29) is 29.4 Å². The van der Waals surface area contributed by atoms with Crippen LogP contribution >= 0.6 is 0 Å². The summed E-state index contributed by atoms with van der Waals surface area (Å²) in [5.41, 5.74) is 1.99. The Morgan fingerprint density at radius 1 is 0.941 bits per heavy atom. The van der Waals surface area contributed by atoms with Crippen molar-refractivity contribution in [2.75, 3.05) is 7.05 Å². The van der Waals surface area contributed by atoms with Gasteiger partial charge in [0.25, 0.3) is 0 Å². The number of benzene rings is 3. The lowest BCUT2D eigenvalue weighted by Gasteiger charge is -2.17. The van der Waals surface area contributed by atoms with Crippen molar-refractivity contribution in [3.63, 3.8) is 0 Å². The second kappa shape index (κ2) is 9.24. The van der Waals surface area contributed by atoms with Crippen LogP contribution in [0.4, 0.5) is 22.0 Å². The Kier molecular flexibility index (Phi) is 6.37. The summed E-state index contributed by atoms with van der Waals surface area (Å²) in [5.74, 6) is -2.77. The highest BCUT2D eigenvalue weighted by molar-refractivity contribution is 6.05. The van der Waals surface area contributed by atoms with E-state index in [1.807, 2.05) is 0 Å². The topological polar surface area (TPSA) is 50.7 Å². The summed E-state index contributed by atoms with van der Waals surface area (Å²) in [7, 11) is 1.48. The Hall–Kier alpha value is -3.75. The van der Waals surface area contributed by atoms with Gasteiger partial charge in [-0.05, 0) is 41.0 Å². The van der Waals surface area contributed by atoms with E-state index in [1.165, 1.54) is 37.4 Å². The Morgan fingerprint density at radius 2 is 1.50 bits per heavy atom. The fraction of sp³-hybridized carbons (Fsp3) is 0.200. The molecule has 0 fully saturated rings. The molecule has 2 atom stereocenters. The monoisotopic (exact) mass is 474 g/mol. The lowest BCUT2D eigenvalue weighted by Crippen LogP contribution is -2.29. The highest BCUT2D eigenvalue weighted by Crippen LogP contribution is 2.38. The third kappa shape index (κ3) is 4.93. The van der Waals surface area contributed by atoms with E-state index >= 15 is 0 Å². The van der Waals surface area contributed by atoms with Crippen LogP contribution < -0.4 is 10.1 Å². The summed E-state index contributed by atoms with van der Waals surface area (Å²) in [4.78, 5) is 17.0. The van der Waals surface area contributed by atoms with Crippen LogP contribution in [0.2, 0.25) is 0 Å². The molecule has 0 aromatic heterocycles. The van der Waals surface area contributed by atoms with E-state index in [0.29, 0.717) is 11.1 Å². The molecule has 0 spiro atoms. The largest absolute Gasteiger partial charge is 0.573 e. The molecule has 9 heteroatoms. The molecule has 0 saturated heterocycles. The van der Waals surface area contributed by atoms with Crippen molar-refractivity contribution >= 4 is 11.6 Å². The molecule has 1 aliphatic rings. The minimum Gasteiger partial charge on any atom is -0.406 e. The maximum absolute atomic E-state index is 14.3. The molecule has 0 aliphatic carbocycles. The van der Waals surface area contributed by atoms with Crippen LogP contribution in [0.25, 0.3) is 11.1 Å². The minimum atomic E-state index is -4.77. The van der Waals surface area contributed by atoms with Gasteiger partial charge in [0.2, 0.25) is 5.91 Å². The number of carbonyl (C=O) groups excluding carboxylic acids is 1. The summed E-state index contributed by atoms with van der Waals surface area (Å²) >= 11 is 0. The summed E-state index contributed by atoms with van der Waals surface area (Å²) in [6.07, 6.45) is -4.69. The van der Waals surface area contributed by atoms with Crippen molar-refractivity contribution in [1.82, 2.24) is 5.32 Å². The normalized spacial score (nSPS) is 17.9. The maximum atomic E-state index is 14.3. The molecule has 2 unspecified atom stereocenters. The maximum Gasteiger partial charge on any atom is 0.573 e. The number of amides is 1. The fourth-order valence-corrected chi connectivity index (χ4v) is 4.02. The van der Waals surface area contributed by atoms with Crippen LogP contribution in [0.5, 0.6) is 5.75 Å². The van der Waals surface area contributed by atoms with E-state index in [0.717, 1.165) is 17.7 Å². The van der Waals surface area contributed by atoms with Gasteiger partial charge in [0, 0.05) is 19.2 Å². The summed E-state index contributed by atoms with van der Waals surface area (Å²) in [6, 6.07) is 15.3. The summed E-state index contributed by atoms with van der Waals surface area (Å²) in [6.45, 7) is 0. The number of nitrogens with zero attached hydrogens (tertiary/aromatic N) is 1. The highest BCUT2D eigenvalue weighted by atomic mass is 19.4. The van der Waals surface area contributed by atoms with Gasteiger partial charge in [-0.15, -0.1) is 13.2 Å². The molecule has 34 heavy (non-hydrogen) atoms. The molecule has 0 radical (unpaired) electrons. The van der Waals surface area contributed by atoms with Crippen molar-refractivity contribution in [1.29, 1.82) is 0 Å². The number of carbonyl (C=O) groups is 1. The van der Waals surface area contributed by atoms with Crippen molar-refractivity contribution in [3.8, 4) is 16.9 Å². The van der Waals surface area contributed by atoms with Crippen LogP contribution in [0, 0.1) is 17.6 Å². The predicted molar refractivity (Wildman–Crippen MR) is 116 cm³/mol. The molecule has 1 amide bonds. The number of nitrogens with one attached hydrogen (secondary N) is 1. The van der Waals surface area contributed by atoms with E-state index in [1.54, 1.807) is 24.3 Å². The quantitative estimate of drug-likeness (QED) is 0.474. The van der Waals surface area contributed by atoms with Crippen molar-refractivity contribution in [3.05, 3.63) is 89.5 Å². The standard InChI is InChI=1S/C25H19F5N2O2/c1-31-24(33)18-13-21(22-19(26)3-2-4-20(22)27)32-23(18)16-7-5-14(6-8-16)15-9-11-17(12-10-15)34-25(28,29)30/h2-12,18,23H,13H2,1H3,(H,31,33). The molecular formula is C25H19F5N2O2. The Bertz CT molecular complexity index is 1200. The number of hydrogen-bond donors (Lipinski definition) is 1. The van der Waals surface area contributed by atoms with E-state index in [4.69, 9.17) is 0 Å². The van der Waals surface area contributed by atoms with Gasteiger partial charge < -0.3 is 10.1 Å². The van der Waals surface area contributed by atoms with E-state index in [9.17, 15) is 26.7 Å². The third-order valence-electron chi connectivity index (χ3n) is 5.60. The van der Waals surface area contributed by atoms with Gasteiger partial charge in [0.05, 0.1) is 17.5 Å². The molecule has 3 aromatic carbocycles. The number of alkyl halides is 3. The zero-order chi connectivity index (χ0) is 24.5. The SMILES string of the molecule is CNC(=O)C1CC(c2c(F)cccc2F)=NC1c1ccc(-c2ccc(OC(F)(F)F)cc2)cc1. The smallest absolute Gasteiger partial charge is 0.406 e. The van der Waals surface area contributed by atoms with Gasteiger partial charge in [0.15, 0.2) is 0 Å². The van der Waals surface area contributed by atoms with Crippen LogP contribution in [-0.2, 0) is 4.79 Å². The van der Waals surface area contributed by atoms with Crippen molar-refractivity contribution in [2.24, 2.45) is 10.9 Å². The van der Waals surface area contributed by atoms with Gasteiger partial charge in [-0.3, -0.25) is 9.79 Å². The number of aliphatic imine (C=N–C) groups is 1. The Labute approximate surface area is 192 Å². The van der Waals surface area contributed by atoms with Gasteiger partial charge in [-0.1, -0.05) is 42.5 Å². The average molecular weight is 474 g/mol. The Morgan fingerprint density at radius 3 is 2.03 bits per heavy atom. The first-order valence-corrected chi connectivity index (χ1v) is 10.3. The number of rotatable bonds is 5. The lowest BCUT2D eigenvalue weighted by molar-refractivity contribution is -0.274. The molecule has 176 valence electrons. The Balaban J connectivity index is 1.62. The first-order valence-electron chi connectivity index (χ1n) is 10.3. The molecule has 0 bridgehead atoms. The fourth-order valence-electron chi connectivity index (χ4n) is 4.02. The zero-order valence-electron chi connectivity index (χ0n) is 17.9. The molecule has 1 N–H and O–H groups in total. The van der Waals surface area contributed by atoms with Gasteiger partial charge in [-0.2, -0.15) is 0 Å². The lowest BCUT2D eigenvalue weighted by atomic mass is 9.90.